The van der Waals surface area contributed by atoms with E-state index in [1.807, 2.05) is 30.3 Å². The SMILES string of the molecule is CCCC1=C(C(C)C)[N+](C(=O)n2ccnc2)(c2ccccc2)C=N1. The minimum absolute atomic E-state index is 0.00417. The second-order valence-electron chi connectivity index (χ2n) is 6.29. The van der Waals surface area contributed by atoms with Gasteiger partial charge in [0.15, 0.2) is 11.4 Å². The van der Waals surface area contributed by atoms with E-state index in [9.17, 15) is 4.79 Å². The summed E-state index contributed by atoms with van der Waals surface area (Å²) in [5.41, 5.74) is 2.96. The van der Waals surface area contributed by atoms with Crippen molar-refractivity contribution < 1.29 is 4.79 Å². The lowest BCUT2D eigenvalue weighted by Gasteiger charge is -2.31. The Morgan fingerprint density at radius 2 is 2.00 bits per heavy atom. The fourth-order valence-electron chi connectivity index (χ4n) is 3.34. The molecular formula is C19H23N4O+. The summed E-state index contributed by atoms with van der Waals surface area (Å²) in [6.45, 7) is 6.38. The van der Waals surface area contributed by atoms with Gasteiger partial charge in [-0.2, -0.15) is 0 Å². The van der Waals surface area contributed by atoms with Crippen molar-refractivity contribution in [3.05, 3.63) is 60.4 Å². The second kappa shape index (κ2) is 6.53. The first-order valence-corrected chi connectivity index (χ1v) is 8.37. The average Bonchev–Trinajstić information content (AvgIpc) is 3.24. The Morgan fingerprint density at radius 1 is 1.25 bits per heavy atom. The molecule has 2 aromatic rings. The molecular weight excluding hydrogens is 300 g/mol. The summed E-state index contributed by atoms with van der Waals surface area (Å²) in [6.07, 6.45) is 8.51. The number of carbonyl (C=O) groups excluding carboxylic acids is 1. The largest absolute Gasteiger partial charge is 0.444 e. The summed E-state index contributed by atoms with van der Waals surface area (Å²) in [4.78, 5) is 22.2. The maximum absolute atomic E-state index is 13.5. The Bertz CT molecular complexity index is 775. The van der Waals surface area contributed by atoms with E-state index in [0.717, 1.165) is 29.9 Å². The summed E-state index contributed by atoms with van der Waals surface area (Å²) in [7, 11) is 0. The first kappa shape index (κ1) is 16.3. The number of aliphatic imine (C=N–C) groups is 1. The van der Waals surface area contributed by atoms with Crippen molar-refractivity contribution in [1.29, 1.82) is 0 Å². The number of benzene rings is 1. The molecule has 2 heterocycles. The third-order valence-electron chi connectivity index (χ3n) is 4.29. The standard InChI is InChI=1S/C19H23N4O/c1-4-8-17-18(15(2)3)23(14-21-17,16-9-6-5-7-10-16)19(24)22-12-11-20-13-22/h5-7,9-15H,4,8H2,1-3H3/q+1. The van der Waals surface area contributed by atoms with E-state index in [1.165, 1.54) is 4.57 Å². The Balaban J connectivity index is 2.24. The van der Waals surface area contributed by atoms with Gasteiger partial charge in [0.2, 0.25) is 6.34 Å². The third kappa shape index (κ3) is 2.51. The van der Waals surface area contributed by atoms with Gasteiger partial charge in [-0.3, -0.25) is 0 Å². The van der Waals surface area contributed by atoms with E-state index >= 15 is 0 Å². The van der Waals surface area contributed by atoms with Gasteiger partial charge in [-0.1, -0.05) is 45.4 Å². The highest BCUT2D eigenvalue weighted by atomic mass is 16.2. The first-order valence-electron chi connectivity index (χ1n) is 8.37. The van der Waals surface area contributed by atoms with Crippen LogP contribution in [0.15, 0.2) is 65.4 Å². The molecule has 1 aliphatic heterocycles. The van der Waals surface area contributed by atoms with Crippen molar-refractivity contribution in [2.24, 2.45) is 10.9 Å². The molecule has 1 amide bonds. The lowest BCUT2D eigenvalue weighted by molar-refractivity contribution is 0.228. The van der Waals surface area contributed by atoms with Gasteiger partial charge in [-0.25, -0.2) is 19.3 Å². The quantitative estimate of drug-likeness (QED) is 0.774. The van der Waals surface area contributed by atoms with Crippen LogP contribution < -0.4 is 4.48 Å². The fraction of sp³-hybridized carbons (Fsp3) is 0.316. The highest BCUT2D eigenvalue weighted by Crippen LogP contribution is 2.39. The molecule has 3 rings (SSSR count). The summed E-state index contributed by atoms with van der Waals surface area (Å²) in [5.74, 6) is 0.196. The lowest BCUT2D eigenvalue weighted by Crippen LogP contribution is -2.53. The monoisotopic (exact) mass is 323 g/mol. The fourth-order valence-corrected chi connectivity index (χ4v) is 3.34. The molecule has 0 N–H and O–H groups in total. The van der Waals surface area contributed by atoms with Crippen LogP contribution in [0.4, 0.5) is 10.5 Å². The first-order chi connectivity index (χ1) is 11.6. The summed E-state index contributed by atoms with van der Waals surface area (Å²) in [5, 5.41) is 0. The second-order valence-corrected chi connectivity index (χ2v) is 6.29. The van der Waals surface area contributed by atoms with Crippen molar-refractivity contribution in [3.63, 3.8) is 0 Å². The molecule has 1 aromatic carbocycles. The molecule has 0 saturated carbocycles. The van der Waals surface area contributed by atoms with E-state index in [1.54, 1.807) is 25.1 Å². The van der Waals surface area contributed by atoms with Crippen LogP contribution in [-0.2, 0) is 0 Å². The van der Waals surface area contributed by atoms with E-state index < -0.39 is 0 Å². The van der Waals surface area contributed by atoms with Crippen LogP contribution in [0, 0.1) is 5.92 Å². The van der Waals surface area contributed by atoms with Crippen LogP contribution >= 0.6 is 0 Å². The van der Waals surface area contributed by atoms with Crippen molar-refractivity contribution >= 4 is 18.1 Å². The Hall–Kier alpha value is -2.53. The van der Waals surface area contributed by atoms with Crippen LogP contribution in [0.2, 0.25) is 0 Å². The zero-order valence-electron chi connectivity index (χ0n) is 14.4. The van der Waals surface area contributed by atoms with Crippen LogP contribution in [0.3, 0.4) is 0 Å². The number of hydrogen-bond acceptors (Lipinski definition) is 3. The number of allylic oxidation sites excluding steroid dienone is 2. The van der Waals surface area contributed by atoms with Gasteiger partial charge >= 0.3 is 6.03 Å². The van der Waals surface area contributed by atoms with Gasteiger partial charge in [0.1, 0.15) is 12.0 Å². The predicted molar refractivity (Wildman–Crippen MR) is 96.5 cm³/mol. The topological polar surface area (TPSA) is 47.2 Å². The Morgan fingerprint density at radius 3 is 2.58 bits per heavy atom. The number of aromatic nitrogens is 2. The molecule has 1 aliphatic rings. The number of hydrogen-bond donors (Lipinski definition) is 0. The molecule has 0 fully saturated rings. The maximum Gasteiger partial charge on any atom is 0.444 e. The predicted octanol–water partition coefficient (Wildman–Crippen LogP) is 4.57. The third-order valence-corrected chi connectivity index (χ3v) is 4.29. The van der Waals surface area contributed by atoms with Crippen LogP contribution in [0.25, 0.3) is 0 Å². The van der Waals surface area contributed by atoms with E-state index in [4.69, 9.17) is 0 Å². The van der Waals surface area contributed by atoms with Crippen molar-refractivity contribution in [2.45, 2.75) is 33.6 Å². The molecule has 5 heteroatoms. The molecule has 5 nitrogen and oxygen atoms in total. The molecule has 24 heavy (non-hydrogen) atoms. The number of para-hydroxylation sites is 1. The van der Waals surface area contributed by atoms with E-state index in [-0.39, 0.29) is 16.4 Å². The van der Waals surface area contributed by atoms with Crippen LogP contribution in [0.5, 0.6) is 0 Å². The smallest absolute Gasteiger partial charge is 0.245 e. The summed E-state index contributed by atoms with van der Waals surface area (Å²) < 4.78 is 1.54. The van der Waals surface area contributed by atoms with Gasteiger partial charge in [-0.15, -0.1) is 4.48 Å². The highest BCUT2D eigenvalue weighted by molar-refractivity contribution is 6.06. The number of amides is 1. The average molecular weight is 323 g/mol. The minimum Gasteiger partial charge on any atom is -0.245 e. The van der Waals surface area contributed by atoms with Crippen LogP contribution in [-0.4, -0.2) is 21.9 Å². The molecule has 1 unspecified atom stereocenters. The molecule has 0 radical (unpaired) electrons. The molecule has 1 aromatic heterocycles. The molecule has 0 saturated heterocycles. The Kier molecular flexibility index (Phi) is 4.44. The van der Waals surface area contributed by atoms with Crippen molar-refractivity contribution in [1.82, 2.24) is 14.0 Å². The Labute approximate surface area is 142 Å². The zero-order chi connectivity index (χ0) is 17.2. The number of nitrogens with zero attached hydrogens (tertiary/aromatic N) is 4. The zero-order valence-corrected chi connectivity index (χ0v) is 14.4. The number of rotatable bonds is 4. The van der Waals surface area contributed by atoms with Gasteiger partial charge in [0.05, 0.1) is 0 Å². The maximum atomic E-state index is 13.5. The number of quaternary nitrogens is 1. The number of carbonyl (C=O) groups is 1. The molecule has 0 aliphatic carbocycles. The van der Waals surface area contributed by atoms with E-state index in [2.05, 4.69) is 30.7 Å². The van der Waals surface area contributed by atoms with Gasteiger partial charge < -0.3 is 0 Å². The highest BCUT2D eigenvalue weighted by Gasteiger charge is 2.49. The molecule has 0 spiro atoms. The van der Waals surface area contributed by atoms with E-state index in [0.29, 0.717) is 0 Å². The molecule has 1 atom stereocenters. The summed E-state index contributed by atoms with van der Waals surface area (Å²) in [6, 6.07) is 9.76. The lowest BCUT2D eigenvalue weighted by atomic mass is 10.0. The minimum atomic E-state index is -0.0859. The molecule has 124 valence electrons. The summed E-state index contributed by atoms with van der Waals surface area (Å²) >= 11 is 0. The molecule has 0 bridgehead atoms. The van der Waals surface area contributed by atoms with Crippen molar-refractivity contribution in [3.8, 4) is 0 Å². The van der Waals surface area contributed by atoms with Gasteiger partial charge in [-0.05, 0) is 6.42 Å². The van der Waals surface area contributed by atoms with Gasteiger partial charge in [0, 0.05) is 30.4 Å². The number of imidazole rings is 1. The normalized spacial score (nSPS) is 20.2. The van der Waals surface area contributed by atoms with Crippen LogP contribution in [0.1, 0.15) is 33.6 Å². The van der Waals surface area contributed by atoms with Crippen molar-refractivity contribution in [2.75, 3.05) is 0 Å². The van der Waals surface area contributed by atoms with Gasteiger partial charge in [0.25, 0.3) is 0 Å².